The molecule has 2 heterocycles. The quantitative estimate of drug-likeness (QED) is 0.310. The van der Waals surface area contributed by atoms with E-state index in [1.807, 2.05) is 36.4 Å². The van der Waals surface area contributed by atoms with Crippen LogP contribution in [0.4, 0.5) is 0 Å². The van der Waals surface area contributed by atoms with Crippen molar-refractivity contribution < 1.29 is 5.11 Å². The van der Waals surface area contributed by atoms with Crippen LogP contribution in [0.25, 0.3) is 10.8 Å². The van der Waals surface area contributed by atoms with Crippen LogP contribution in [0.2, 0.25) is 0 Å². The second-order valence-electron chi connectivity index (χ2n) is 11.5. The normalized spacial score (nSPS) is 19.7. The molecule has 1 saturated heterocycles. The van der Waals surface area contributed by atoms with Crippen molar-refractivity contribution in [3.05, 3.63) is 120 Å². The molecule has 0 radical (unpaired) electrons. The average Bonchev–Trinajstić information content (AvgIpc) is 3.52. The second-order valence-corrected chi connectivity index (χ2v) is 11.5. The molecule has 4 heteroatoms. The van der Waals surface area contributed by atoms with Gasteiger partial charge < -0.3 is 5.11 Å². The SMILES string of the molecule is CC1(C)CC(CN2CCC[C@H]2C(O)(c2ccccc2)c2ccccc2)=NN1Cc1cccc2ccccc12. The van der Waals surface area contributed by atoms with Gasteiger partial charge in [0.15, 0.2) is 0 Å². The lowest BCUT2D eigenvalue weighted by Gasteiger charge is -2.40. The Morgan fingerprint density at radius 1 is 0.816 bits per heavy atom. The van der Waals surface area contributed by atoms with Gasteiger partial charge in [0.1, 0.15) is 5.60 Å². The molecule has 4 nitrogen and oxygen atoms in total. The summed E-state index contributed by atoms with van der Waals surface area (Å²) in [5.41, 5.74) is 3.28. The number of hydrogen-bond donors (Lipinski definition) is 1. The van der Waals surface area contributed by atoms with Crippen LogP contribution in [0.1, 0.15) is 49.8 Å². The van der Waals surface area contributed by atoms with Gasteiger partial charge in [-0.2, -0.15) is 5.10 Å². The largest absolute Gasteiger partial charge is 0.379 e. The van der Waals surface area contributed by atoms with Crippen LogP contribution in [0.15, 0.2) is 108 Å². The molecule has 4 aromatic carbocycles. The molecule has 0 unspecified atom stereocenters. The van der Waals surface area contributed by atoms with Crippen molar-refractivity contribution in [2.24, 2.45) is 5.10 Å². The molecule has 0 aliphatic carbocycles. The first kappa shape index (κ1) is 24.8. The van der Waals surface area contributed by atoms with Crippen molar-refractivity contribution in [2.45, 2.75) is 56.8 Å². The molecule has 194 valence electrons. The number of hydrazone groups is 1. The summed E-state index contributed by atoms with van der Waals surface area (Å²) in [6.07, 6.45) is 2.95. The molecule has 1 N–H and O–H groups in total. The standard InChI is InChI=1S/C34H37N3O/c1-33(2)23-30(35-37(33)24-27-15-11-14-26-13-9-10-20-31(26)27)25-36-22-12-21-32(36)34(38,28-16-5-3-6-17-28)29-18-7-4-8-19-29/h3-11,13-20,32,38H,12,21-25H2,1-2H3/t32-/m0/s1. The molecule has 1 atom stereocenters. The lowest BCUT2D eigenvalue weighted by atomic mass is 9.79. The Labute approximate surface area is 226 Å². The van der Waals surface area contributed by atoms with Crippen molar-refractivity contribution in [2.75, 3.05) is 13.1 Å². The Bertz CT molecular complexity index is 1390. The van der Waals surface area contributed by atoms with E-state index in [-0.39, 0.29) is 11.6 Å². The number of benzene rings is 4. The van der Waals surface area contributed by atoms with Crippen LogP contribution in [0.5, 0.6) is 0 Å². The van der Waals surface area contributed by atoms with Crippen molar-refractivity contribution in [3.63, 3.8) is 0 Å². The number of aliphatic hydroxyl groups is 1. The molecular formula is C34H37N3O. The molecule has 0 aromatic heterocycles. The van der Waals surface area contributed by atoms with Crippen LogP contribution in [0, 0.1) is 0 Å². The van der Waals surface area contributed by atoms with Gasteiger partial charge in [-0.1, -0.05) is 103 Å². The summed E-state index contributed by atoms with van der Waals surface area (Å²) in [6, 6.07) is 35.5. The summed E-state index contributed by atoms with van der Waals surface area (Å²) >= 11 is 0. The van der Waals surface area contributed by atoms with E-state index in [1.165, 1.54) is 22.0 Å². The average molecular weight is 504 g/mol. The van der Waals surface area contributed by atoms with Crippen LogP contribution >= 0.6 is 0 Å². The summed E-state index contributed by atoms with van der Waals surface area (Å²) in [7, 11) is 0. The number of rotatable bonds is 7. The minimum atomic E-state index is -1.07. The predicted octanol–water partition coefficient (Wildman–Crippen LogP) is 6.58. The smallest absolute Gasteiger partial charge is 0.130 e. The lowest BCUT2D eigenvalue weighted by Crippen LogP contribution is -2.49. The van der Waals surface area contributed by atoms with E-state index < -0.39 is 5.60 Å². The number of nitrogens with zero attached hydrogens (tertiary/aromatic N) is 3. The summed E-state index contributed by atoms with van der Waals surface area (Å²) in [5, 5.41) is 22.5. The maximum atomic E-state index is 12.5. The summed E-state index contributed by atoms with van der Waals surface area (Å²) in [6.45, 7) is 7.12. The van der Waals surface area contributed by atoms with Crippen LogP contribution in [-0.4, -0.2) is 45.4 Å². The van der Waals surface area contributed by atoms with Gasteiger partial charge >= 0.3 is 0 Å². The number of fused-ring (bicyclic) bond motifs is 1. The fourth-order valence-electron chi connectivity index (χ4n) is 6.52. The molecule has 2 aliphatic heterocycles. The number of hydrogen-bond acceptors (Lipinski definition) is 4. The molecule has 0 saturated carbocycles. The van der Waals surface area contributed by atoms with Crippen LogP contribution in [0.3, 0.4) is 0 Å². The zero-order valence-electron chi connectivity index (χ0n) is 22.4. The van der Waals surface area contributed by atoms with E-state index in [1.54, 1.807) is 0 Å². The Morgan fingerprint density at radius 2 is 1.45 bits per heavy atom. The highest BCUT2D eigenvalue weighted by molar-refractivity contribution is 5.89. The van der Waals surface area contributed by atoms with Crippen LogP contribution in [-0.2, 0) is 12.1 Å². The van der Waals surface area contributed by atoms with E-state index in [9.17, 15) is 5.11 Å². The zero-order chi connectivity index (χ0) is 26.2. The Balaban J connectivity index is 1.28. The molecule has 38 heavy (non-hydrogen) atoms. The molecule has 6 rings (SSSR count). The van der Waals surface area contributed by atoms with Gasteiger partial charge in [-0.25, -0.2) is 0 Å². The van der Waals surface area contributed by atoms with Gasteiger partial charge in [0.2, 0.25) is 0 Å². The molecule has 4 aromatic rings. The predicted molar refractivity (Wildman–Crippen MR) is 156 cm³/mol. The van der Waals surface area contributed by atoms with E-state index in [0.29, 0.717) is 0 Å². The maximum absolute atomic E-state index is 12.5. The Morgan fingerprint density at radius 3 is 2.16 bits per heavy atom. The summed E-state index contributed by atoms with van der Waals surface area (Å²) < 4.78 is 0. The van der Waals surface area contributed by atoms with Crippen molar-refractivity contribution in [1.29, 1.82) is 0 Å². The fourth-order valence-corrected chi connectivity index (χ4v) is 6.52. The van der Waals surface area contributed by atoms with Gasteiger partial charge in [-0.15, -0.1) is 0 Å². The third-order valence-electron chi connectivity index (χ3n) is 8.46. The molecule has 1 fully saturated rings. The molecule has 0 bridgehead atoms. The third kappa shape index (κ3) is 4.53. The van der Waals surface area contributed by atoms with Crippen LogP contribution < -0.4 is 0 Å². The van der Waals surface area contributed by atoms with Gasteiger partial charge in [0, 0.05) is 19.0 Å². The highest BCUT2D eigenvalue weighted by Crippen LogP contribution is 2.41. The van der Waals surface area contributed by atoms with Crippen molar-refractivity contribution in [3.8, 4) is 0 Å². The van der Waals surface area contributed by atoms with Crippen molar-refractivity contribution >= 4 is 16.5 Å². The van der Waals surface area contributed by atoms with Gasteiger partial charge in [-0.05, 0) is 60.7 Å². The molecular weight excluding hydrogens is 466 g/mol. The molecule has 0 spiro atoms. The maximum Gasteiger partial charge on any atom is 0.130 e. The minimum Gasteiger partial charge on any atom is -0.379 e. The Hall–Kier alpha value is -3.47. The first-order chi connectivity index (χ1) is 18.4. The highest BCUT2D eigenvalue weighted by Gasteiger charge is 2.46. The first-order valence-corrected chi connectivity index (χ1v) is 13.8. The van der Waals surface area contributed by atoms with Gasteiger partial charge in [-0.3, -0.25) is 9.91 Å². The van der Waals surface area contributed by atoms with E-state index in [2.05, 4.69) is 90.5 Å². The number of likely N-dealkylation sites (tertiary alicyclic amines) is 1. The first-order valence-electron chi connectivity index (χ1n) is 13.8. The minimum absolute atomic E-state index is 0.00905. The molecule has 2 aliphatic rings. The monoisotopic (exact) mass is 503 g/mol. The fraction of sp³-hybridized carbons (Fsp3) is 0.324. The topological polar surface area (TPSA) is 39.1 Å². The Kier molecular flexibility index (Phi) is 6.55. The second kappa shape index (κ2) is 10.0. The zero-order valence-corrected chi connectivity index (χ0v) is 22.4. The summed E-state index contributed by atoms with van der Waals surface area (Å²) in [4.78, 5) is 2.47. The molecule has 0 amide bonds. The lowest BCUT2D eigenvalue weighted by molar-refractivity contribution is 0.00113. The van der Waals surface area contributed by atoms with E-state index in [4.69, 9.17) is 5.10 Å². The van der Waals surface area contributed by atoms with E-state index >= 15 is 0 Å². The van der Waals surface area contributed by atoms with Gasteiger partial charge in [0.25, 0.3) is 0 Å². The third-order valence-corrected chi connectivity index (χ3v) is 8.46. The van der Waals surface area contributed by atoms with Crippen molar-refractivity contribution in [1.82, 2.24) is 9.91 Å². The van der Waals surface area contributed by atoms with E-state index in [0.717, 1.165) is 50.0 Å². The summed E-state index contributed by atoms with van der Waals surface area (Å²) in [5.74, 6) is 0. The van der Waals surface area contributed by atoms with Gasteiger partial charge in [0.05, 0.1) is 17.8 Å². The highest BCUT2D eigenvalue weighted by atomic mass is 16.3.